The highest BCUT2D eigenvalue weighted by Crippen LogP contribution is 2.21. The molecule has 1 aromatic heterocycles. The SMILES string of the molecule is CCN(CC)S(=O)(=O)c1cc(C(=O)OCC(=O)NCc2ccco2)ccc1C. The van der Waals surface area contributed by atoms with Crippen LogP contribution in [0.15, 0.2) is 45.9 Å². The van der Waals surface area contributed by atoms with Crippen LogP contribution in [0.25, 0.3) is 0 Å². The molecule has 1 heterocycles. The topological polar surface area (TPSA) is 106 Å². The van der Waals surface area contributed by atoms with E-state index in [0.717, 1.165) is 0 Å². The van der Waals surface area contributed by atoms with Crippen LogP contribution in [0.4, 0.5) is 0 Å². The number of carbonyl (C=O) groups is 2. The van der Waals surface area contributed by atoms with E-state index >= 15 is 0 Å². The van der Waals surface area contributed by atoms with Gasteiger partial charge in [-0.2, -0.15) is 4.31 Å². The molecule has 0 aliphatic heterocycles. The third-order valence-electron chi connectivity index (χ3n) is 4.12. The Kier molecular flexibility index (Phi) is 7.36. The highest BCUT2D eigenvalue weighted by molar-refractivity contribution is 7.89. The molecule has 1 N–H and O–H groups in total. The van der Waals surface area contributed by atoms with Crippen molar-refractivity contribution < 1.29 is 27.2 Å². The Labute approximate surface area is 164 Å². The molecule has 0 radical (unpaired) electrons. The van der Waals surface area contributed by atoms with Crippen molar-refractivity contribution in [3.8, 4) is 0 Å². The van der Waals surface area contributed by atoms with Gasteiger partial charge in [0.15, 0.2) is 6.61 Å². The summed E-state index contributed by atoms with van der Waals surface area (Å²) in [7, 11) is -3.72. The van der Waals surface area contributed by atoms with Crippen LogP contribution in [-0.4, -0.2) is 44.3 Å². The van der Waals surface area contributed by atoms with Gasteiger partial charge >= 0.3 is 5.97 Å². The minimum atomic E-state index is -3.72. The molecule has 8 nitrogen and oxygen atoms in total. The average molecular weight is 408 g/mol. The van der Waals surface area contributed by atoms with Gasteiger partial charge in [0.25, 0.3) is 5.91 Å². The van der Waals surface area contributed by atoms with Gasteiger partial charge in [0.1, 0.15) is 5.76 Å². The highest BCUT2D eigenvalue weighted by Gasteiger charge is 2.25. The second kappa shape index (κ2) is 9.52. The lowest BCUT2D eigenvalue weighted by molar-refractivity contribution is -0.124. The number of rotatable bonds is 9. The second-order valence-corrected chi connectivity index (χ2v) is 7.91. The second-order valence-electron chi connectivity index (χ2n) is 6.00. The maximum Gasteiger partial charge on any atom is 0.338 e. The lowest BCUT2D eigenvalue weighted by atomic mass is 10.1. The molecular formula is C19H24N2O6S. The zero-order chi connectivity index (χ0) is 20.7. The predicted octanol–water partition coefficient (Wildman–Crippen LogP) is 2.09. The summed E-state index contributed by atoms with van der Waals surface area (Å²) in [5.74, 6) is -0.693. The third-order valence-corrected chi connectivity index (χ3v) is 6.31. The molecule has 0 aliphatic rings. The number of aryl methyl sites for hydroxylation is 1. The summed E-state index contributed by atoms with van der Waals surface area (Å²) in [6.07, 6.45) is 1.49. The summed E-state index contributed by atoms with van der Waals surface area (Å²) in [5, 5.41) is 2.55. The van der Waals surface area contributed by atoms with Crippen LogP contribution in [-0.2, 0) is 26.1 Å². The highest BCUT2D eigenvalue weighted by atomic mass is 32.2. The van der Waals surface area contributed by atoms with Crippen LogP contribution in [0.2, 0.25) is 0 Å². The normalized spacial score (nSPS) is 11.4. The lowest BCUT2D eigenvalue weighted by Gasteiger charge is -2.20. The number of nitrogens with one attached hydrogen (secondary N) is 1. The van der Waals surface area contributed by atoms with E-state index in [1.165, 1.54) is 22.7 Å². The molecule has 0 saturated carbocycles. The Morgan fingerprint density at radius 3 is 2.50 bits per heavy atom. The summed E-state index contributed by atoms with van der Waals surface area (Å²) >= 11 is 0. The molecule has 0 unspecified atom stereocenters. The van der Waals surface area contributed by atoms with E-state index in [4.69, 9.17) is 9.15 Å². The van der Waals surface area contributed by atoms with Gasteiger partial charge in [0.2, 0.25) is 10.0 Å². The molecule has 0 fully saturated rings. The lowest BCUT2D eigenvalue weighted by Crippen LogP contribution is -2.31. The zero-order valence-electron chi connectivity index (χ0n) is 16.1. The van der Waals surface area contributed by atoms with E-state index < -0.39 is 28.5 Å². The van der Waals surface area contributed by atoms with E-state index in [9.17, 15) is 18.0 Å². The van der Waals surface area contributed by atoms with Gasteiger partial charge in [-0.25, -0.2) is 13.2 Å². The van der Waals surface area contributed by atoms with Crippen molar-refractivity contribution in [2.75, 3.05) is 19.7 Å². The number of sulfonamides is 1. The van der Waals surface area contributed by atoms with Crippen LogP contribution in [0.3, 0.4) is 0 Å². The number of esters is 1. The predicted molar refractivity (Wildman–Crippen MR) is 102 cm³/mol. The number of hydrogen-bond donors (Lipinski definition) is 1. The fourth-order valence-corrected chi connectivity index (χ4v) is 4.28. The Bertz CT molecular complexity index is 918. The Balaban J connectivity index is 2.04. The number of ether oxygens (including phenoxy) is 1. The van der Waals surface area contributed by atoms with Gasteiger partial charge in [0.05, 0.1) is 23.3 Å². The molecular weight excluding hydrogens is 384 g/mol. The fraction of sp³-hybridized carbons (Fsp3) is 0.368. The van der Waals surface area contributed by atoms with Crippen LogP contribution in [0, 0.1) is 6.92 Å². The number of benzene rings is 1. The van der Waals surface area contributed by atoms with Gasteiger partial charge in [-0.15, -0.1) is 0 Å². The molecule has 0 saturated heterocycles. The fourth-order valence-electron chi connectivity index (χ4n) is 2.57. The van der Waals surface area contributed by atoms with E-state index in [1.54, 1.807) is 39.0 Å². The minimum Gasteiger partial charge on any atom is -0.467 e. The van der Waals surface area contributed by atoms with E-state index in [2.05, 4.69) is 5.32 Å². The number of amides is 1. The van der Waals surface area contributed by atoms with Gasteiger partial charge in [-0.1, -0.05) is 19.9 Å². The average Bonchev–Trinajstić information content (AvgIpc) is 3.19. The standard InChI is InChI=1S/C19H24N2O6S/c1-4-21(5-2)28(24,25)17-11-15(9-8-14(17)3)19(23)27-13-18(22)20-12-16-7-6-10-26-16/h6-11H,4-5,12-13H2,1-3H3,(H,20,22). The number of furan rings is 1. The molecule has 152 valence electrons. The number of carbonyl (C=O) groups excluding carboxylic acids is 2. The molecule has 1 amide bonds. The Morgan fingerprint density at radius 2 is 1.89 bits per heavy atom. The minimum absolute atomic E-state index is 0.0490. The Hall–Kier alpha value is -2.65. The molecule has 2 rings (SSSR count). The van der Waals surface area contributed by atoms with Gasteiger partial charge in [-0.05, 0) is 36.8 Å². The third kappa shape index (κ3) is 5.20. The molecule has 0 spiro atoms. The molecule has 0 aliphatic carbocycles. The number of nitrogens with zero attached hydrogens (tertiary/aromatic N) is 1. The number of hydrogen-bond acceptors (Lipinski definition) is 6. The maximum absolute atomic E-state index is 12.8. The van der Waals surface area contributed by atoms with Crippen molar-refractivity contribution in [2.45, 2.75) is 32.2 Å². The first-order valence-corrected chi connectivity index (χ1v) is 10.3. The van der Waals surface area contributed by atoms with Crippen molar-refractivity contribution >= 4 is 21.9 Å². The van der Waals surface area contributed by atoms with E-state index in [1.807, 2.05) is 0 Å². The van der Waals surface area contributed by atoms with Gasteiger partial charge in [-0.3, -0.25) is 4.79 Å². The smallest absolute Gasteiger partial charge is 0.338 e. The summed E-state index contributed by atoms with van der Waals surface area (Å²) in [6, 6.07) is 7.70. The quantitative estimate of drug-likeness (QED) is 0.637. The first-order chi connectivity index (χ1) is 13.3. The molecule has 0 atom stereocenters. The van der Waals surface area contributed by atoms with Crippen LogP contribution in [0.5, 0.6) is 0 Å². The van der Waals surface area contributed by atoms with E-state index in [0.29, 0.717) is 24.4 Å². The molecule has 28 heavy (non-hydrogen) atoms. The largest absolute Gasteiger partial charge is 0.467 e. The van der Waals surface area contributed by atoms with E-state index in [-0.39, 0.29) is 17.0 Å². The zero-order valence-corrected chi connectivity index (χ0v) is 16.9. The Morgan fingerprint density at radius 1 is 1.18 bits per heavy atom. The van der Waals surface area contributed by atoms with Crippen LogP contribution in [0.1, 0.15) is 35.5 Å². The first-order valence-electron chi connectivity index (χ1n) is 8.86. The molecule has 2 aromatic rings. The van der Waals surface area contributed by atoms with Crippen molar-refractivity contribution in [1.82, 2.24) is 9.62 Å². The molecule has 1 aromatic carbocycles. The van der Waals surface area contributed by atoms with Crippen molar-refractivity contribution in [3.05, 3.63) is 53.5 Å². The van der Waals surface area contributed by atoms with Crippen LogP contribution >= 0.6 is 0 Å². The summed E-state index contributed by atoms with van der Waals surface area (Å²) in [4.78, 5) is 24.1. The molecule has 0 bridgehead atoms. The van der Waals surface area contributed by atoms with Crippen LogP contribution < -0.4 is 5.32 Å². The summed E-state index contributed by atoms with van der Waals surface area (Å²) in [5.41, 5.74) is 0.592. The summed E-state index contributed by atoms with van der Waals surface area (Å²) in [6.45, 7) is 5.50. The monoisotopic (exact) mass is 408 g/mol. The van der Waals surface area contributed by atoms with Crippen molar-refractivity contribution in [2.24, 2.45) is 0 Å². The molecule has 9 heteroatoms. The van der Waals surface area contributed by atoms with Crippen molar-refractivity contribution in [1.29, 1.82) is 0 Å². The van der Waals surface area contributed by atoms with Gasteiger partial charge in [0, 0.05) is 13.1 Å². The van der Waals surface area contributed by atoms with Gasteiger partial charge < -0.3 is 14.5 Å². The van der Waals surface area contributed by atoms with Crippen molar-refractivity contribution in [3.63, 3.8) is 0 Å². The first kappa shape index (κ1) is 21.6. The summed E-state index contributed by atoms with van der Waals surface area (Å²) < 4.78 is 36.9. The maximum atomic E-state index is 12.8.